The van der Waals surface area contributed by atoms with Crippen molar-refractivity contribution in [1.82, 2.24) is 19.7 Å². The van der Waals surface area contributed by atoms with Crippen LogP contribution in [0.25, 0.3) is 0 Å². The van der Waals surface area contributed by atoms with Gasteiger partial charge in [-0.25, -0.2) is 26.2 Å². The zero-order valence-corrected chi connectivity index (χ0v) is 12.6. The van der Waals surface area contributed by atoms with Crippen molar-refractivity contribution in [2.75, 3.05) is 11.5 Å². The molecule has 1 aromatic rings. The standard InChI is InChI=1S/C7H11BrN4O4S2/c1-12-7(6(8)9-11-12)18(15,16)10-5-2-3-17(13,14)4-5/h5,10H,2-4H2,1H3. The Kier molecular flexibility index (Phi) is 3.51. The Morgan fingerprint density at radius 1 is 1.50 bits per heavy atom. The van der Waals surface area contributed by atoms with Crippen LogP contribution >= 0.6 is 15.9 Å². The van der Waals surface area contributed by atoms with Crippen LogP contribution in [-0.4, -0.2) is 49.4 Å². The zero-order valence-electron chi connectivity index (χ0n) is 9.37. The SMILES string of the molecule is Cn1nnc(Br)c1S(=O)(=O)NC1CCS(=O)(=O)C1. The summed E-state index contributed by atoms with van der Waals surface area (Å²) in [6.07, 6.45) is 0.282. The third-order valence-electron chi connectivity index (χ3n) is 2.55. The lowest BCUT2D eigenvalue weighted by molar-refractivity contribution is 0.544. The van der Waals surface area contributed by atoms with E-state index in [1.165, 1.54) is 7.05 Å². The minimum Gasteiger partial charge on any atom is -0.235 e. The fourth-order valence-corrected chi connectivity index (χ4v) is 5.92. The van der Waals surface area contributed by atoms with Crippen LogP contribution in [0.4, 0.5) is 0 Å². The van der Waals surface area contributed by atoms with Crippen molar-refractivity contribution in [2.24, 2.45) is 7.05 Å². The number of halogens is 1. The van der Waals surface area contributed by atoms with Gasteiger partial charge >= 0.3 is 0 Å². The minimum atomic E-state index is -3.84. The van der Waals surface area contributed by atoms with Crippen LogP contribution in [0.2, 0.25) is 0 Å². The highest BCUT2D eigenvalue weighted by Crippen LogP contribution is 2.20. The molecule has 1 N–H and O–H groups in total. The van der Waals surface area contributed by atoms with E-state index in [1.54, 1.807) is 0 Å². The van der Waals surface area contributed by atoms with E-state index < -0.39 is 25.9 Å². The lowest BCUT2D eigenvalue weighted by atomic mass is 10.3. The second kappa shape index (κ2) is 4.54. The molecule has 0 aliphatic carbocycles. The molecule has 0 spiro atoms. The lowest BCUT2D eigenvalue weighted by Crippen LogP contribution is -2.36. The Hall–Kier alpha value is -0.520. The van der Waals surface area contributed by atoms with Gasteiger partial charge in [-0.15, -0.1) is 5.10 Å². The number of sulfone groups is 1. The van der Waals surface area contributed by atoms with Crippen molar-refractivity contribution >= 4 is 35.8 Å². The highest BCUT2D eigenvalue weighted by molar-refractivity contribution is 9.10. The van der Waals surface area contributed by atoms with Crippen LogP contribution in [0.3, 0.4) is 0 Å². The minimum absolute atomic E-state index is 0.00495. The molecule has 2 rings (SSSR count). The van der Waals surface area contributed by atoms with Gasteiger partial charge in [0.1, 0.15) is 0 Å². The van der Waals surface area contributed by atoms with Crippen molar-refractivity contribution in [2.45, 2.75) is 17.5 Å². The van der Waals surface area contributed by atoms with Crippen molar-refractivity contribution in [3.05, 3.63) is 4.60 Å². The van der Waals surface area contributed by atoms with Crippen LogP contribution in [-0.2, 0) is 26.9 Å². The molecule has 0 saturated carbocycles. The summed E-state index contributed by atoms with van der Waals surface area (Å²) in [6.45, 7) is 0. The molecule has 1 atom stereocenters. The average Bonchev–Trinajstić information content (AvgIpc) is 2.69. The summed E-state index contributed by atoms with van der Waals surface area (Å²) < 4.78 is 50.2. The monoisotopic (exact) mass is 358 g/mol. The van der Waals surface area contributed by atoms with Gasteiger partial charge in [-0.05, 0) is 22.4 Å². The number of hydrogen-bond donors (Lipinski definition) is 1. The summed E-state index contributed by atoms with van der Waals surface area (Å²) in [5.74, 6) is -0.167. The number of nitrogens with one attached hydrogen (secondary N) is 1. The van der Waals surface area contributed by atoms with E-state index in [2.05, 4.69) is 31.0 Å². The molecule has 0 bridgehead atoms. The molecule has 0 amide bonds. The molecule has 0 aromatic carbocycles. The fraction of sp³-hybridized carbons (Fsp3) is 0.714. The molecular formula is C7H11BrN4O4S2. The Morgan fingerprint density at radius 3 is 2.61 bits per heavy atom. The first kappa shape index (κ1) is 13.9. The van der Waals surface area contributed by atoms with E-state index in [-0.39, 0.29) is 27.6 Å². The van der Waals surface area contributed by atoms with Crippen LogP contribution < -0.4 is 4.72 Å². The quantitative estimate of drug-likeness (QED) is 0.744. The third-order valence-corrected chi connectivity index (χ3v) is 6.72. The molecule has 1 aromatic heterocycles. The van der Waals surface area contributed by atoms with Crippen LogP contribution in [0.1, 0.15) is 6.42 Å². The molecule has 1 aliphatic heterocycles. The van der Waals surface area contributed by atoms with Gasteiger partial charge in [0.15, 0.2) is 14.4 Å². The molecule has 0 radical (unpaired) electrons. The third kappa shape index (κ3) is 2.73. The average molecular weight is 359 g/mol. The number of sulfonamides is 1. The van der Waals surface area contributed by atoms with Gasteiger partial charge in [-0.3, -0.25) is 0 Å². The van der Waals surface area contributed by atoms with E-state index in [9.17, 15) is 16.8 Å². The Balaban J connectivity index is 2.24. The van der Waals surface area contributed by atoms with E-state index in [1.807, 2.05) is 0 Å². The smallest absolute Gasteiger partial charge is 0.235 e. The van der Waals surface area contributed by atoms with E-state index in [0.717, 1.165) is 4.68 Å². The maximum atomic E-state index is 12.1. The number of aryl methyl sites for hydroxylation is 1. The molecule has 1 saturated heterocycles. The van der Waals surface area contributed by atoms with Gasteiger partial charge < -0.3 is 0 Å². The number of rotatable bonds is 3. The van der Waals surface area contributed by atoms with E-state index >= 15 is 0 Å². The van der Waals surface area contributed by atoms with Crippen LogP contribution in [0.5, 0.6) is 0 Å². The van der Waals surface area contributed by atoms with Gasteiger partial charge in [0.25, 0.3) is 10.0 Å². The zero-order chi connectivity index (χ0) is 13.6. The van der Waals surface area contributed by atoms with Crippen LogP contribution in [0, 0.1) is 0 Å². The molecule has 8 nitrogen and oxygen atoms in total. The van der Waals surface area contributed by atoms with Crippen molar-refractivity contribution in [3.63, 3.8) is 0 Å². The summed E-state index contributed by atoms with van der Waals surface area (Å²) in [4.78, 5) is 0. The molecule has 1 aliphatic rings. The summed E-state index contributed by atoms with van der Waals surface area (Å²) in [5.41, 5.74) is 0. The Labute approximate surface area is 113 Å². The van der Waals surface area contributed by atoms with Gasteiger partial charge in [0.2, 0.25) is 5.03 Å². The summed E-state index contributed by atoms with van der Waals surface area (Å²) in [5, 5.41) is 7.03. The molecular weight excluding hydrogens is 348 g/mol. The molecule has 2 heterocycles. The predicted molar refractivity (Wildman–Crippen MR) is 66.1 cm³/mol. The van der Waals surface area contributed by atoms with Crippen molar-refractivity contribution in [1.29, 1.82) is 0 Å². The normalized spacial score (nSPS) is 23.3. The fourth-order valence-electron chi connectivity index (χ4n) is 1.77. The highest BCUT2D eigenvalue weighted by atomic mass is 79.9. The molecule has 102 valence electrons. The first-order chi connectivity index (χ1) is 8.21. The van der Waals surface area contributed by atoms with Crippen molar-refractivity contribution in [3.8, 4) is 0 Å². The second-order valence-electron chi connectivity index (χ2n) is 4.03. The lowest BCUT2D eigenvalue weighted by Gasteiger charge is -2.11. The number of hydrogen-bond acceptors (Lipinski definition) is 6. The maximum absolute atomic E-state index is 12.1. The summed E-state index contributed by atoms with van der Waals surface area (Å²) in [6, 6.07) is -0.596. The molecule has 11 heteroatoms. The maximum Gasteiger partial charge on any atom is 0.260 e. The summed E-state index contributed by atoms with van der Waals surface area (Å²) in [7, 11) is -5.53. The number of nitrogens with zero attached hydrogens (tertiary/aromatic N) is 3. The Bertz CT molecular complexity index is 646. The topological polar surface area (TPSA) is 111 Å². The molecule has 1 unspecified atom stereocenters. The van der Waals surface area contributed by atoms with Gasteiger partial charge in [0, 0.05) is 13.1 Å². The first-order valence-corrected chi connectivity index (χ1v) is 9.09. The first-order valence-electron chi connectivity index (χ1n) is 4.99. The highest BCUT2D eigenvalue weighted by Gasteiger charge is 2.33. The molecule has 1 fully saturated rings. The van der Waals surface area contributed by atoms with E-state index in [0.29, 0.717) is 0 Å². The van der Waals surface area contributed by atoms with Gasteiger partial charge in [-0.2, -0.15) is 0 Å². The Morgan fingerprint density at radius 2 is 2.17 bits per heavy atom. The second-order valence-corrected chi connectivity index (χ2v) is 8.64. The largest absolute Gasteiger partial charge is 0.260 e. The van der Waals surface area contributed by atoms with Crippen molar-refractivity contribution < 1.29 is 16.8 Å². The van der Waals surface area contributed by atoms with Gasteiger partial charge in [-0.1, -0.05) is 5.21 Å². The number of aromatic nitrogens is 3. The summed E-state index contributed by atoms with van der Waals surface area (Å²) >= 11 is 2.99. The van der Waals surface area contributed by atoms with Crippen LogP contribution in [0.15, 0.2) is 9.63 Å². The van der Waals surface area contributed by atoms with Gasteiger partial charge in [0.05, 0.1) is 11.5 Å². The van der Waals surface area contributed by atoms with E-state index in [4.69, 9.17) is 0 Å². The predicted octanol–water partition coefficient (Wildman–Crippen LogP) is -0.957. The molecule has 18 heavy (non-hydrogen) atoms.